The largest absolute Gasteiger partial charge is 0.493 e. The molecule has 0 atom stereocenters. The normalized spacial score (nSPS) is 9.80. The Hall–Kier alpha value is -2.12. The molecule has 3 nitrogen and oxygen atoms in total. The van der Waals surface area contributed by atoms with Crippen LogP contribution in [0.3, 0.4) is 0 Å². The maximum atomic E-state index is 8.61. The van der Waals surface area contributed by atoms with Crippen LogP contribution in [0.25, 0.3) is 0 Å². The molecular formula is C16H15NO2S. The topological polar surface area (TPSA) is 42.2 Å². The molecule has 0 saturated carbocycles. The Morgan fingerprint density at radius 1 is 1.05 bits per heavy atom. The Balaban J connectivity index is 2.10. The number of thioether (sulfide) groups is 1. The van der Waals surface area contributed by atoms with Crippen molar-refractivity contribution in [2.75, 3.05) is 7.11 Å². The van der Waals surface area contributed by atoms with Crippen molar-refractivity contribution in [1.82, 2.24) is 0 Å². The minimum atomic E-state index is 0.492. The summed E-state index contributed by atoms with van der Waals surface area (Å²) in [6.45, 7) is 0.492. The number of benzene rings is 2. The van der Waals surface area contributed by atoms with Gasteiger partial charge < -0.3 is 9.47 Å². The summed E-state index contributed by atoms with van der Waals surface area (Å²) in [5.74, 6) is 2.04. The van der Waals surface area contributed by atoms with Crippen molar-refractivity contribution in [3.05, 3.63) is 59.7 Å². The molecule has 4 heteroatoms. The predicted molar refractivity (Wildman–Crippen MR) is 80.7 cm³/mol. The Morgan fingerprint density at radius 2 is 1.85 bits per heavy atom. The van der Waals surface area contributed by atoms with E-state index >= 15 is 0 Å². The molecule has 0 unspecified atom stereocenters. The number of methoxy groups -OCH3 is 1. The Labute approximate surface area is 123 Å². The average molecular weight is 285 g/mol. The number of nitriles is 1. The molecule has 0 spiro atoms. The molecule has 0 amide bonds. The quantitative estimate of drug-likeness (QED) is 0.753. The van der Waals surface area contributed by atoms with Crippen molar-refractivity contribution in [2.45, 2.75) is 12.4 Å². The van der Waals surface area contributed by atoms with E-state index in [1.807, 2.05) is 48.5 Å². The van der Waals surface area contributed by atoms with E-state index in [0.29, 0.717) is 23.9 Å². The van der Waals surface area contributed by atoms with Gasteiger partial charge in [0.05, 0.1) is 7.11 Å². The highest BCUT2D eigenvalue weighted by Gasteiger charge is 2.06. The fourth-order valence-electron chi connectivity index (χ4n) is 1.77. The summed E-state index contributed by atoms with van der Waals surface area (Å²) < 4.78 is 11.1. The monoisotopic (exact) mass is 285 g/mol. The smallest absolute Gasteiger partial charge is 0.161 e. The molecule has 0 aliphatic heterocycles. The Morgan fingerprint density at radius 3 is 2.55 bits per heavy atom. The molecule has 2 aromatic rings. The second-order valence-corrected chi connectivity index (χ2v) is 4.90. The molecule has 0 saturated heterocycles. The van der Waals surface area contributed by atoms with E-state index in [1.54, 1.807) is 7.11 Å². The summed E-state index contributed by atoms with van der Waals surface area (Å²) in [5, 5.41) is 10.7. The van der Waals surface area contributed by atoms with Crippen LogP contribution in [0.5, 0.6) is 11.5 Å². The number of ether oxygens (including phenoxy) is 2. The summed E-state index contributed by atoms with van der Waals surface area (Å²) in [6.07, 6.45) is 0. The van der Waals surface area contributed by atoms with E-state index in [4.69, 9.17) is 14.7 Å². The predicted octanol–water partition coefficient (Wildman–Crippen LogP) is 3.99. The number of thiocyanates is 1. The van der Waals surface area contributed by atoms with E-state index in [-0.39, 0.29) is 0 Å². The molecule has 0 N–H and O–H groups in total. The molecular weight excluding hydrogens is 270 g/mol. The molecule has 102 valence electrons. The fraction of sp³-hybridized carbons (Fsp3) is 0.188. The van der Waals surface area contributed by atoms with Crippen molar-refractivity contribution in [1.29, 1.82) is 5.26 Å². The minimum Gasteiger partial charge on any atom is -0.493 e. The first-order chi connectivity index (χ1) is 9.83. The van der Waals surface area contributed by atoms with E-state index < -0.39 is 0 Å². The van der Waals surface area contributed by atoms with Gasteiger partial charge in [0.1, 0.15) is 12.0 Å². The second kappa shape index (κ2) is 7.46. The van der Waals surface area contributed by atoms with Crippen molar-refractivity contribution < 1.29 is 9.47 Å². The maximum Gasteiger partial charge on any atom is 0.161 e. The van der Waals surface area contributed by atoms with E-state index in [9.17, 15) is 0 Å². The van der Waals surface area contributed by atoms with E-state index in [0.717, 1.165) is 11.1 Å². The molecule has 0 fully saturated rings. The van der Waals surface area contributed by atoms with Crippen LogP contribution in [0.1, 0.15) is 11.1 Å². The maximum absolute atomic E-state index is 8.61. The van der Waals surface area contributed by atoms with Gasteiger partial charge >= 0.3 is 0 Å². The molecule has 0 aromatic heterocycles. The fourth-order valence-corrected chi connectivity index (χ4v) is 2.19. The van der Waals surface area contributed by atoms with Gasteiger partial charge in [0.15, 0.2) is 11.5 Å². The number of hydrogen-bond donors (Lipinski definition) is 0. The highest BCUT2D eigenvalue weighted by Crippen LogP contribution is 2.30. The minimum absolute atomic E-state index is 0.492. The summed E-state index contributed by atoms with van der Waals surface area (Å²) in [5.41, 5.74) is 2.15. The summed E-state index contributed by atoms with van der Waals surface area (Å²) in [6, 6.07) is 15.7. The van der Waals surface area contributed by atoms with Crippen LogP contribution in [0.4, 0.5) is 0 Å². The van der Waals surface area contributed by atoms with Crippen LogP contribution in [0.15, 0.2) is 48.5 Å². The summed E-state index contributed by atoms with van der Waals surface area (Å²) in [4.78, 5) is 0. The third-order valence-corrected chi connectivity index (χ3v) is 3.38. The zero-order valence-electron chi connectivity index (χ0n) is 11.2. The van der Waals surface area contributed by atoms with Crippen LogP contribution < -0.4 is 9.47 Å². The lowest BCUT2D eigenvalue weighted by molar-refractivity contribution is 0.284. The lowest BCUT2D eigenvalue weighted by Gasteiger charge is -2.12. The Bertz CT molecular complexity index is 593. The van der Waals surface area contributed by atoms with Gasteiger partial charge in [-0.15, -0.1) is 0 Å². The van der Waals surface area contributed by atoms with Crippen LogP contribution in [-0.4, -0.2) is 7.11 Å². The van der Waals surface area contributed by atoms with Gasteiger partial charge in [0.25, 0.3) is 0 Å². The number of rotatable bonds is 6. The van der Waals surface area contributed by atoms with Gasteiger partial charge in [0.2, 0.25) is 0 Å². The zero-order valence-corrected chi connectivity index (χ0v) is 12.0. The Kier molecular flexibility index (Phi) is 5.33. The van der Waals surface area contributed by atoms with Crippen LogP contribution >= 0.6 is 11.8 Å². The van der Waals surface area contributed by atoms with Gasteiger partial charge in [-0.1, -0.05) is 36.4 Å². The van der Waals surface area contributed by atoms with Gasteiger partial charge in [-0.2, -0.15) is 5.26 Å². The first kappa shape index (κ1) is 14.3. The lowest BCUT2D eigenvalue weighted by Crippen LogP contribution is -1.98. The standard InChI is InChI=1S/C16H15NO2S/c1-18-15-8-7-14(11-20-12-17)9-16(15)19-10-13-5-3-2-4-6-13/h2-9H,10-11H2,1H3. The zero-order chi connectivity index (χ0) is 14.2. The summed E-state index contributed by atoms with van der Waals surface area (Å²) in [7, 11) is 1.62. The van der Waals surface area contributed by atoms with Crippen molar-refractivity contribution >= 4 is 11.8 Å². The summed E-state index contributed by atoms with van der Waals surface area (Å²) >= 11 is 1.21. The highest BCUT2D eigenvalue weighted by molar-refractivity contribution is 8.02. The SMILES string of the molecule is COc1ccc(CSC#N)cc1OCc1ccccc1. The van der Waals surface area contributed by atoms with Crippen molar-refractivity contribution in [3.8, 4) is 16.9 Å². The first-order valence-electron chi connectivity index (χ1n) is 6.18. The molecule has 0 heterocycles. The highest BCUT2D eigenvalue weighted by atomic mass is 32.2. The molecule has 0 radical (unpaired) electrons. The molecule has 2 aromatic carbocycles. The molecule has 0 aliphatic carbocycles. The average Bonchev–Trinajstić information content (AvgIpc) is 2.52. The molecule has 2 rings (SSSR count). The van der Waals surface area contributed by atoms with Gasteiger partial charge in [0, 0.05) is 5.75 Å². The van der Waals surface area contributed by atoms with Gasteiger partial charge in [-0.3, -0.25) is 0 Å². The van der Waals surface area contributed by atoms with E-state index in [2.05, 4.69) is 5.40 Å². The molecule has 20 heavy (non-hydrogen) atoms. The third kappa shape index (κ3) is 3.94. The number of hydrogen-bond acceptors (Lipinski definition) is 4. The van der Waals surface area contributed by atoms with Crippen molar-refractivity contribution in [2.24, 2.45) is 0 Å². The van der Waals surface area contributed by atoms with Crippen LogP contribution in [0.2, 0.25) is 0 Å². The lowest BCUT2D eigenvalue weighted by atomic mass is 10.2. The van der Waals surface area contributed by atoms with Gasteiger partial charge in [-0.05, 0) is 35.0 Å². The second-order valence-electron chi connectivity index (χ2n) is 4.14. The van der Waals surface area contributed by atoms with Crippen molar-refractivity contribution in [3.63, 3.8) is 0 Å². The van der Waals surface area contributed by atoms with Crippen LogP contribution in [-0.2, 0) is 12.4 Å². The van der Waals surface area contributed by atoms with Crippen LogP contribution in [0, 0.1) is 10.7 Å². The number of nitrogens with zero attached hydrogens (tertiary/aromatic N) is 1. The first-order valence-corrected chi connectivity index (χ1v) is 7.16. The molecule has 0 bridgehead atoms. The third-order valence-electron chi connectivity index (χ3n) is 2.77. The molecule has 0 aliphatic rings. The van der Waals surface area contributed by atoms with Gasteiger partial charge in [-0.25, -0.2) is 0 Å². The van der Waals surface area contributed by atoms with E-state index in [1.165, 1.54) is 11.8 Å².